The lowest BCUT2D eigenvalue weighted by Gasteiger charge is -2.59. The van der Waals surface area contributed by atoms with Gasteiger partial charge in [0.25, 0.3) is 0 Å². The number of hydrogen-bond donors (Lipinski definition) is 2. The number of carbonyl (C=O) groups excluding carboxylic acids is 1. The third kappa shape index (κ3) is 2.53. The predicted octanol–water partition coefficient (Wildman–Crippen LogP) is 1.60. The van der Waals surface area contributed by atoms with E-state index in [0.29, 0.717) is 6.54 Å². The summed E-state index contributed by atoms with van der Waals surface area (Å²) in [5, 5.41) is 12.4. The van der Waals surface area contributed by atoms with Crippen LogP contribution in [0.25, 0.3) is 0 Å². The average molecular weight is 284 g/mol. The third-order valence-corrected chi connectivity index (χ3v) is 5.64. The molecule has 1 aliphatic heterocycles. The second kappa shape index (κ2) is 5.53. The van der Waals surface area contributed by atoms with E-state index in [-0.39, 0.29) is 35.6 Å². The molecular weight excluding hydrogens is 256 g/mol. The maximum atomic E-state index is 12.3. The van der Waals surface area contributed by atoms with Crippen LogP contribution in [0, 0.1) is 11.3 Å². The smallest absolute Gasteiger partial charge is 0.317 e. The maximum Gasteiger partial charge on any atom is 0.317 e. The van der Waals surface area contributed by atoms with Crippen molar-refractivity contribution in [1.29, 1.82) is 0 Å². The number of nitrogens with one attached hydrogen (secondary N) is 1. The van der Waals surface area contributed by atoms with Gasteiger partial charge in [0.1, 0.15) is 0 Å². The van der Waals surface area contributed by atoms with Gasteiger partial charge in [-0.2, -0.15) is 0 Å². The monoisotopic (exact) mass is 284 g/mol. The molecule has 3 atom stereocenters. The number of aliphatic hydroxyl groups excluding tert-OH is 1. The summed E-state index contributed by atoms with van der Waals surface area (Å²) in [7, 11) is 1.73. The molecule has 1 heterocycles. The first kappa shape index (κ1) is 15.6. The van der Waals surface area contributed by atoms with Crippen LogP contribution in [0.5, 0.6) is 0 Å². The molecule has 0 aromatic rings. The summed E-state index contributed by atoms with van der Waals surface area (Å²) >= 11 is 0. The molecular formula is C15H28N2O3. The fraction of sp³-hybridized carbons (Fsp3) is 0.933. The molecule has 0 unspecified atom stereocenters. The van der Waals surface area contributed by atoms with Gasteiger partial charge in [-0.15, -0.1) is 0 Å². The van der Waals surface area contributed by atoms with E-state index in [1.165, 1.54) is 0 Å². The zero-order valence-corrected chi connectivity index (χ0v) is 13.1. The second-order valence-electron chi connectivity index (χ2n) is 7.00. The topological polar surface area (TPSA) is 61.8 Å². The van der Waals surface area contributed by atoms with Gasteiger partial charge >= 0.3 is 6.03 Å². The minimum atomic E-state index is -0.166. The third-order valence-electron chi connectivity index (χ3n) is 5.64. The van der Waals surface area contributed by atoms with Gasteiger partial charge in [0.2, 0.25) is 0 Å². The standard InChI is InChI=1S/C15H28N2O3/c1-14(2)12(8-15(14,3)20-4)16-13(19)17-7-5-6-11(9-17)10-18/h11-12,18H,5-10H2,1-4H3,(H,16,19)/t11-,12+,15+/m0/s1. The summed E-state index contributed by atoms with van der Waals surface area (Å²) in [6, 6.07) is 0.147. The molecule has 0 spiro atoms. The van der Waals surface area contributed by atoms with Gasteiger partial charge in [-0.05, 0) is 32.1 Å². The van der Waals surface area contributed by atoms with Gasteiger partial charge in [-0.25, -0.2) is 4.79 Å². The van der Waals surface area contributed by atoms with Crippen molar-refractivity contribution in [2.24, 2.45) is 11.3 Å². The lowest BCUT2D eigenvalue weighted by molar-refractivity contribution is -0.177. The van der Waals surface area contributed by atoms with Crippen molar-refractivity contribution < 1.29 is 14.6 Å². The molecule has 0 aromatic heterocycles. The fourth-order valence-electron chi connectivity index (χ4n) is 3.36. The Morgan fingerprint density at radius 3 is 2.70 bits per heavy atom. The summed E-state index contributed by atoms with van der Waals surface area (Å²) in [5.41, 5.74) is -0.232. The number of carbonyl (C=O) groups is 1. The molecule has 2 rings (SSSR count). The Bertz CT molecular complexity index is 372. The lowest BCUT2D eigenvalue weighted by atomic mass is 9.56. The second-order valence-corrected chi connectivity index (χ2v) is 7.00. The van der Waals surface area contributed by atoms with E-state index >= 15 is 0 Å². The normalized spacial score (nSPS) is 36.4. The highest BCUT2D eigenvalue weighted by atomic mass is 16.5. The largest absolute Gasteiger partial charge is 0.396 e. The SMILES string of the molecule is CO[C@]1(C)C[C@@H](NC(=O)N2CCC[C@H](CO)C2)C1(C)C. The Morgan fingerprint density at radius 2 is 2.15 bits per heavy atom. The molecule has 20 heavy (non-hydrogen) atoms. The molecule has 116 valence electrons. The van der Waals surface area contributed by atoms with E-state index in [2.05, 4.69) is 26.1 Å². The number of urea groups is 1. The summed E-state index contributed by atoms with van der Waals surface area (Å²) in [5.74, 6) is 0.230. The number of methoxy groups -OCH3 is 1. The van der Waals surface area contributed by atoms with E-state index in [0.717, 1.165) is 25.8 Å². The van der Waals surface area contributed by atoms with Crippen LogP contribution >= 0.6 is 0 Å². The van der Waals surface area contributed by atoms with Gasteiger partial charge in [0.05, 0.1) is 5.60 Å². The highest BCUT2D eigenvalue weighted by Crippen LogP contribution is 2.51. The van der Waals surface area contributed by atoms with Crippen LogP contribution in [-0.2, 0) is 4.74 Å². The molecule has 1 aliphatic carbocycles. The van der Waals surface area contributed by atoms with Crippen LogP contribution in [0.2, 0.25) is 0 Å². The number of likely N-dealkylation sites (tertiary alicyclic amines) is 1. The van der Waals surface area contributed by atoms with Crippen LogP contribution in [0.15, 0.2) is 0 Å². The summed E-state index contributed by atoms with van der Waals surface area (Å²) < 4.78 is 5.58. The zero-order chi connectivity index (χ0) is 15.0. The molecule has 5 nitrogen and oxygen atoms in total. The van der Waals surface area contributed by atoms with Crippen molar-refractivity contribution in [2.75, 3.05) is 26.8 Å². The molecule has 2 N–H and O–H groups in total. The Labute approximate surface area is 121 Å². The Morgan fingerprint density at radius 1 is 1.45 bits per heavy atom. The van der Waals surface area contributed by atoms with E-state index in [4.69, 9.17) is 4.74 Å². The molecule has 1 saturated carbocycles. The molecule has 5 heteroatoms. The van der Waals surface area contributed by atoms with Crippen molar-refractivity contribution in [3.8, 4) is 0 Å². The van der Waals surface area contributed by atoms with Gasteiger partial charge in [0.15, 0.2) is 0 Å². The molecule has 2 amide bonds. The highest BCUT2D eigenvalue weighted by Gasteiger charge is 2.58. The highest BCUT2D eigenvalue weighted by molar-refractivity contribution is 5.75. The van der Waals surface area contributed by atoms with Crippen LogP contribution in [-0.4, -0.2) is 54.5 Å². The number of nitrogens with zero attached hydrogens (tertiary/aromatic N) is 1. The van der Waals surface area contributed by atoms with Crippen LogP contribution in [0.3, 0.4) is 0 Å². The molecule has 2 aliphatic rings. The molecule has 2 fully saturated rings. The summed E-state index contributed by atoms with van der Waals surface area (Å²) in [6.07, 6.45) is 2.83. The van der Waals surface area contributed by atoms with E-state index < -0.39 is 0 Å². The summed E-state index contributed by atoms with van der Waals surface area (Å²) in [4.78, 5) is 14.2. The van der Waals surface area contributed by atoms with E-state index in [1.807, 2.05) is 4.90 Å². The molecule has 1 saturated heterocycles. The maximum absolute atomic E-state index is 12.3. The number of hydrogen-bond acceptors (Lipinski definition) is 3. The summed E-state index contributed by atoms with van der Waals surface area (Å²) in [6.45, 7) is 7.99. The number of rotatable bonds is 3. The van der Waals surface area contributed by atoms with Gasteiger partial charge in [0, 0.05) is 38.3 Å². The van der Waals surface area contributed by atoms with Crippen LogP contribution in [0.4, 0.5) is 4.79 Å². The fourth-order valence-corrected chi connectivity index (χ4v) is 3.36. The molecule has 0 aromatic carbocycles. The Balaban J connectivity index is 1.90. The first-order valence-electron chi connectivity index (χ1n) is 7.55. The number of ether oxygens (including phenoxy) is 1. The average Bonchev–Trinajstić information content (AvgIpc) is 2.46. The molecule has 0 radical (unpaired) electrons. The Hall–Kier alpha value is -0.810. The minimum Gasteiger partial charge on any atom is -0.396 e. The van der Waals surface area contributed by atoms with Crippen molar-refractivity contribution in [1.82, 2.24) is 10.2 Å². The molecule has 0 bridgehead atoms. The van der Waals surface area contributed by atoms with Gasteiger partial charge in [-0.3, -0.25) is 0 Å². The van der Waals surface area contributed by atoms with Crippen molar-refractivity contribution in [2.45, 2.75) is 51.7 Å². The van der Waals surface area contributed by atoms with E-state index in [9.17, 15) is 9.90 Å². The Kier molecular flexibility index (Phi) is 4.30. The zero-order valence-electron chi connectivity index (χ0n) is 13.1. The van der Waals surface area contributed by atoms with Gasteiger partial charge < -0.3 is 20.1 Å². The lowest BCUT2D eigenvalue weighted by Crippen LogP contribution is -2.69. The number of amides is 2. The van der Waals surface area contributed by atoms with Crippen molar-refractivity contribution in [3.63, 3.8) is 0 Å². The van der Waals surface area contributed by atoms with Crippen LogP contribution in [0.1, 0.15) is 40.0 Å². The first-order valence-corrected chi connectivity index (χ1v) is 7.55. The quantitative estimate of drug-likeness (QED) is 0.827. The van der Waals surface area contributed by atoms with Crippen LogP contribution < -0.4 is 5.32 Å². The van der Waals surface area contributed by atoms with Gasteiger partial charge in [-0.1, -0.05) is 13.8 Å². The number of piperidine rings is 1. The number of aliphatic hydroxyl groups is 1. The van der Waals surface area contributed by atoms with Crippen molar-refractivity contribution >= 4 is 6.03 Å². The minimum absolute atomic E-state index is 0.000576. The van der Waals surface area contributed by atoms with E-state index in [1.54, 1.807) is 7.11 Å². The predicted molar refractivity (Wildman–Crippen MR) is 77.5 cm³/mol. The first-order chi connectivity index (χ1) is 9.34. The van der Waals surface area contributed by atoms with Crippen molar-refractivity contribution in [3.05, 3.63) is 0 Å².